The minimum absolute atomic E-state index is 0.215. The number of likely N-dealkylation sites (tertiary alicyclic amines) is 1. The molecule has 1 aromatic rings. The van der Waals surface area contributed by atoms with Crippen LogP contribution in [0.2, 0.25) is 0 Å². The number of anilines is 2. The van der Waals surface area contributed by atoms with Crippen LogP contribution in [-0.4, -0.2) is 37.5 Å². The van der Waals surface area contributed by atoms with Crippen LogP contribution in [0.25, 0.3) is 0 Å². The van der Waals surface area contributed by atoms with Crippen LogP contribution in [0.1, 0.15) is 25.7 Å². The lowest BCUT2D eigenvalue weighted by atomic mass is 10.2. The van der Waals surface area contributed by atoms with E-state index in [0.29, 0.717) is 6.54 Å². The molecule has 1 aliphatic heterocycles. The molecule has 0 saturated carbocycles. The number of amides is 1. The van der Waals surface area contributed by atoms with E-state index in [1.807, 2.05) is 41.1 Å². The molecule has 4 heteroatoms. The van der Waals surface area contributed by atoms with Crippen molar-refractivity contribution in [2.24, 2.45) is 0 Å². The van der Waals surface area contributed by atoms with Crippen molar-refractivity contribution in [1.29, 1.82) is 0 Å². The van der Waals surface area contributed by atoms with Gasteiger partial charge in [0.25, 0.3) is 0 Å². The molecular formula is C15H23N3O. The third-order valence-corrected chi connectivity index (χ3v) is 3.64. The Morgan fingerprint density at radius 3 is 2.58 bits per heavy atom. The van der Waals surface area contributed by atoms with E-state index in [-0.39, 0.29) is 5.91 Å². The molecule has 0 unspecified atom stereocenters. The van der Waals surface area contributed by atoms with Crippen molar-refractivity contribution in [2.45, 2.75) is 25.7 Å². The van der Waals surface area contributed by atoms with Crippen LogP contribution in [0.15, 0.2) is 24.3 Å². The van der Waals surface area contributed by atoms with E-state index in [4.69, 9.17) is 5.73 Å². The lowest BCUT2D eigenvalue weighted by molar-refractivity contribution is -0.129. The first kappa shape index (κ1) is 13.7. The Morgan fingerprint density at radius 2 is 1.95 bits per heavy atom. The number of benzene rings is 1. The molecule has 0 spiro atoms. The van der Waals surface area contributed by atoms with E-state index >= 15 is 0 Å². The standard InChI is InChI=1S/C15H23N3O/c1-17(14-8-6-7-13(16)11-14)12-15(19)18-9-4-2-3-5-10-18/h6-8,11H,2-5,9-10,12,16H2,1H3. The van der Waals surface area contributed by atoms with E-state index in [0.717, 1.165) is 37.3 Å². The number of carbonyl (C=O) groups is 1. The van der Waals surface area contributed by atoms with Crippen LogP contribution in [0.4, 0.5) is 11.4 Å². The van der Waals surface area contributed by atoms with Crippen molar-refractivity contribution < 1.29 is 4.79 Å². The topological polar surface area (TPSA) is 49.6 Å². The first-order chi connectivity index (χ1) is 9.16. The zero-order valence-electron chi connectivity index (χ0n) is 11.6. The molecule has 0 aromatic heterocycles. The van der Waals surface area contributed by atoms with Crippen LogP contribution in [0.5, 0.6) is 0 Å². The van der Waals surface area contributed by atoms with Gasteiger partial charge < -0.3 is 15.5 Å². The van der Waals surface area contributed by atoms with Gasteiger partial charge in [0.15, 0.2) is 0 Å². The maximum atomic E-state index is 12.3. The molecule has 1 amide bonds. The number of hydrogen-bond donors (Lipinski definition) is 1. The zero-order valence-corrected chi connectivity index (χ0v) is 11.6. The molecule has 1 heterocycles. The minimum atomic E-state index is 0.215. The van der Waals surface area contributed by atoms with Gasteiger partial charge in [0.05, 0.1) is 6.54 Å². The first-order valence-corrected chi connectivity index (χ1v) is 7.01. The van der Waals surface area contributed by atoms with Crippen LogP contribution in [-0.2, 0) is 4.79 Å². The maximum absolute atomic E-state index is 12.3. The van der Waals surface area contributed by atoms with Crippen molar-refractivity contribution in [3.63, 3.8) is 0 Å². The Balaban J connectivity index is 1.94. The minimum Gasteiger partial charge on any atom is -0.399 e. The fourth-order valence-corrected chi connectivity index (χ4v) is 2.48. The number of carbonyl (C=O) groups excluding carboxylic acids is 1. The van der Waals surface area contributed by atoms with E-state index < -0.39 is 0 Å². The van der Waals surface area contributed by atoms with Gasteiger partial charge in [0.1, 0.15) is 0 Å². The van der Waals surface area contributed by atoms with E-state index in [1.165, 1.54) is 12.8 Å². The summed E-state index contributed by atoms with van der Waals surface area (Å²) in [5.41, 5.74) is 7.49. The molecule has 0 atom stereocenters. The van der Waals surface area contributed by atoms with Crippen molar-refractivity contribution in [3.05, 3.63) is 24.3 Å². The van der Waals surface area contributed by atoms with Gasteiger partial charge in [-0.25, -0.2) is 0 Å². The second-order valence-electron chi connectivity index (χ2n) is 5.25. The second kappa shape index (κ2) is 6.45. The molecule has 0 radical (unpaired) electrons. The molecule has 1 fully saturated rings. The predicted molar refractivity (Wildman–Crippen MR) is 79.2 cm³/mol. The van der Waals surface area contributed by atoms with Crippen LogP contribution >= 0.6 is 0 Å². The van der Waals surface area contributed by atoms with Crippen molar-refractivity contribution >= 4 is 17.3 Å². The summed E-state index contributed by atoms with van der Waals surface area (Å²) in [6.07, 6.45) is 4.76. The molecule has 4 nitrogen and oxygen atoms in total. The first-order valence-electron chi connectivity index (χ1n) is 7.01. The summed E-state index contributed by atoms with van der Waals surface area (Å²) >= 11 is 0. The highest BCUT2D eigenvalue weighted by Crippen LogP contribution is 2.16. The highest BCUT2D eigenvalue weighted by Gasteiger charge is 2.17. The predicted octanol–water partition coefficient (Wildman–Crippen LogP) is 2.11. The summed E-state index contributed by atoms with van der Waals surface area (Å²) in [5, 5.41) is 0. The summed E-state index contributed by atoms with van der Waals surface area (Å²) < 4.78 is 0. The normalized spacial score (nSPS) is 15.9. The van der Waals surface area contributed by atoms with Crippen LogP contribution < -0.4 is 10.6 Å². The molecular weight excluding hydrogens is 238 g/mol. The maximum Gasteiger partial charge on any atom is 0.242 e. The van der Waals surface area contributed by atoms with E-state index in [2.05, 4.69) is 0 Å². The van der Waals surface area contributed by atoms with Crippen molar-refractivity contribution in [2.75, 3.05) is 37.3 Å². The molecule has 2 rings (SSSR count). The molecule has 19 heavy (non-hydrogen) atoms. The monoisotopic (exact) mass is 261 g/mol. The average Bonchev–Trinajstić information content (AvgIpc) is 2.67. The highest BCUT2D eigenvalue weighted by atomic mass is 16.2. The summed E-state index contributed by atoms with van der Waals surface area (Å²) in [4.78, 5) is 16.2. The summed E-state index contributed by atoms with van der Waals surface area (Å²) in [6, 6.07) is 7.65. The zero-order chi connectivity index (χ0) is 13.7. The van der Waals surface area contributed by atoms with Gasteiger partial charge in [0.2, 0.25) is 5.91 Å². The summed E-state index contributed by atoms with van der Waals surface area (Å²) in [7, 11) is 1.94. The lowest BCUT2D eigenvalue weighted by Crippen LogP contribution is -2.39. The van der Waals surface area contributed by atoms with Crippen molar-refractivity contribution in [1.82, 2.24) is 4.90 Å². The third kappa shape index (κ3) is 3.88. The van der Waals surface area contributed by atoms with Gasteiger partial charge in [-0.05, 0) is 31.0 Å². The average molecular weight is 261 g/mol. The quantitative estimate of drug-likeness (QED) is 0.848. The molecule has 2 N–H and O–H groups in total. The van der Waals surface area contributed by atoms with Crippen LogP contribution in [0, 0.1) is 0 Å². The molecule has 1 aromatic carbocycles. The number of nitrogen functional groups attached to an aromatic ring is 1. The van der Waals surface area contributed by atoms with Gasteiger partial charge in [-0.3, -0.25) is 4.79 Å². The second-order valence-corrected chi connectivity index (χ2v) is 5.25. The Morgan fingerprint density at radius 1 is 1.26 bits per heavy atom. The Hall–Kier alpha value is -1.71. The number of hydrogen-bond acceptors (Lipinski definition) is 3. The lowest BCUT2D eigenvalue weighted by Gasteiger charge is -2.25. The van der Waals surface area contributed by atoms with Gasteiger partial charge in [-0.2, -0.15) is 0 Å². The Labute approximate surface area is 115 Å². The molecule has 0 bridgehead atoms. The largest absolute Gasteiger partial charge is 0.399 e. The molecule has 1 saturated heterocycles. The van der Waals surface area contributed by atoms with E-state index in [1.54, 1.807) is 0 Å². The fraction of sp³-hybridized carbons (Fsp3) is 0.533. The molecule has 1 aliphatic rings. The van der Waals surface area contributed by atoms with Gasteiger partial charge in [-0.1, -0.05) is 18.9 Å². The molecule has 104 valence electrons. The fourth-order valence-electron chi connectivity index (χ4n) is 2.48. The SMILES string of the molecule is CN(CC(=O)N1CCCCCC1)c1cccc(N)c1. The smallest absolute Gasteiger partial charge is 0.242 e. The Bertz CT molecular complexity index is 425. The highest BCUT2D eigenvalue weighted by molar-refractivity contribution is 5.81. The Kier molecular flexibility index (Phi) is 4.66. The number of rotatable bonds is 3. The van der Waals surface area contributed by atoms with E-state index in [9.17, 15) is 4.79 Å². The number of likely N-dealkylation sites (N-methyl/N-ethyl adjacent to an activating group) is 1. The van der Waals surface area contributed by atoms with Crippen LogP contribution in [0.3, 0.4) is 0 Å². The van der Waals surface area contributed by atoms with Crippen molar-refractivity contribution in [3.8, 4) is 0 Å². The third-order valence-electron chi connectivity index (χ3n) is 3.64. The molecule has 0 aliphatic carbocycles. The summed E-state index contributed by atoms with van der Waals surface area (Å²) in [6.45, 7) is 2.23. The number of nitrogens with zero attached hydrogens (tertiary/aromatic N) is 2. The summed E-state index contributed by atoms with van der Waals surface area (Å²) in [5.74, 6) is 0.215. The van der Waals surface area contributed by atoms with Gasteiger partial charge in [0, 0.05) is 31.5 Å². The van der Waals surface area contributed by atoms with Gasteiger partial charge >= 0.3 is 0 Å². The van der Waals surface area contributed by atoms with Gasteiger partial charge in [-0.15, -0.1) is 0 Å². The number of nitrogens with two attached hydrogens (primary N) is 1.